The van der Waals surface area contributed by atoms with Crippen LogP contribution in [0.3, 0.4) is 0 Å². The monoisotopic (exact) mass is 331 g/mol. The first-order valence-corrected chi connectivity index (χ1v) is 8.62. The maximum absolute atomic E-state index is 12.0. The smallest absolute Gasteiger partial charge is 0.285 e. The third-order valence-corrected chi connectivity index (χ3v) is 4.12. The second-order valence-electron chi connectivity index (χ2n) is 6.13. The van der Waals surface area contributed by atoms with E-state index in [9.17, 15) is 4.79 Å². The summed E-state index contributed by atoms with van der Waals surface area (Å²) in [5.74, 6) is 0.0386. The van der Waals surface area contributed by atoms with Gasteiger partial charge in [0, 0.05) is 18.7 Å². The molecule has 0 saturated heterocycles. The topological polar surface area (TPSA) is 33.0 Å². The molecule has 1 N–H and O–H groups in total. The lowest BCUT2D eigenvalue weighted by molar-refractivity contribution is -0.684. The fourth-order valence-electron chi connectivity index (χ4n) is 2.76. The number of nitrogens with zero attached hydrogens (tertiary/aromatic N) is 1. The summed E-state index contributed by atoms with van der Waals surface area (Å²) in [5.41, 5.74) is 3.77. The van der Waals surface area contributed by atoms with Crippen LogP contribution in [0.5, 0.6) is 0 Å². The molecule has 0 spiro atoms. The van der Waals surface area contributed by atoms with E-state index in [2.05, 4.69) is 53.8 Å². The van der Waals surface area contributed by atoms with Crippen LogP contribution >= 0.6 is 0 Å². The second kappa shape index (κ2) is 8.78. The SMILES string of the molecule is O=C(C[n+]1ccc(Cc2ccccc2)cc1)NCCc1ccccc1. The van der Waals surface area contributed by atoms with Crippen molar-refractivity contribution in [3.05, 3.63) is 102 Å². The Morgan fingerprint density at radius 2 is 1.32 bits per heavy atom. The van der Waals surface area contributed by atoms with Crippen LogP contribution < -0.4 is 9.88 Å². The Balaban J connectivity index is 1.45. The van der Waals surface area contributed by atoms with E-state index in [-0.39, 0.29) is 5.91 Å². The maximum Gasteiger partial charge on any atom is 0.285 e. The van der Waals surface area contributed by atoms with Gasteiger partial charge in [0.15, 0.2) is 12.4 Å². The van der Waals surface area contributed by atoms with Gasteiger partial charge in [-0.1, -0.05) is 60.7 Å². The van der Waals surface area contributed by atoms with Gasteiger partial charge in [-0.05, 0) is 29.5 Å². The van der Waals surface area contributed by atoms with E-state index >= 15 is 0 Å². The zero-order valence-corrected chi connectivity index (χ0v) is 14.3. The number of hydrogen-bond acceptors (Lipinski definition) is 1. The number of aromatic nitrogens is 1. The van der Waals surface area contributed by atoms with E-state index in [0.29, 0.717) is 13.1 Å². The molecule has 0 bridgehead atoms. The van der Waals surface area contributed by atoms with Gasteiger partial charge in [0.05, 0.1) is 0 Å². The van der Waals surface area contributed by atoms with Gasteiger partial charge in [0.2, 0.25) is 6.54 Å². The minimum absolute atomic E-state index is 0.0386. The van der Waals surface area contributed by atoms with E-state index in [4.69, 9.17) is 0 Å². The highest BCUT2D eigenvalue weighted by Gasteiger charge is 2.08. The summed E-state index contributed by atoms with van der Waals surface area (Å²) >= 11 is 0. The number of carbonyl (C=O) groups is 1. The zero-order valence-electron chi connectivity index (χ0n) is 14.3. The Labute approximate surface area is 149 Å². The standard InChI is InChI=1S/C22H22N2O/c25-22(23-14-11-19-7-3-1-4-8-19)18-24-15-12-21(13-16-24)17-20-9-5-2-6-10-20/h1-10,12-13,15-16H,11,14,17-18H2/p+1. The Morgan fingerprint density at radius 1 is 0.760 bits per heavy atom. The summed E-state index contributed by atoms with van der Waals surface area (Å²) < 4.78 is 1.91. The summed E-state index contributed by atoms with van der Waals surface area (Å²) in [5, 5.41) is 2.97. The van der Waals surface area contributed by atoms with Crippen LogP contribution in [0.25, 0.3) is 0 Å². The quantitative estimate of drug-likeness (QED) is 0.664. The van der Waals surface area contributed by atoms with Crippen molar-refractivity contribution in [2.45, 2.75) is 19.4 Å². The lowest BCUT2D eigenvalue weighted by Gasteiger charge is -2.04. The molecule has 3 heteroatoms. The number of rotatable bonds is 7. The third-order valence-electron chi connectivity index (χ3n) is 4.12. The van der Waals surface area contributed by atoms with Crippen molar-refractivity contribution < 1.29 is 9.36 Å². The average Bonchev–Trinajstić information content (AvgIpc) is 2.65. The second-order valence-corrected chi connectivity index (χ2v) is 6.13. The lowest BCUT2D eigenvalue weighted by atomic mass is 10.1. The van der Waals surface area contributed by atoms with Crippen LogP contribution in [-0.4, -0.2) is 12.5 Å². The molecular weight excluding hydrogens is 308 g/mol. The summed E-state index contributed by atoms with van der Waals surface area (Å²) in [6.45, 7) is 1.01. The predicted molar refractivity (Wildman–Crippen MR) is 99.0 cm³/mol. The molecule has 0 atom stereocenters. The highest BCUT2D eigenvalue weighted by Crippen LogP contribution is 2.07. The Kier molecular flexibility index (Phi) is 5.94. The number of nitrogens with one attached hydrogen (secondary N) is 1. The summed E-state index contributed by atoms with van der Waals surface area (Å²) in [7, 11) is 0. The van der Waals surface area contributed by atoms with Crippen LogP contribution in [0.15, 0.2) is 85.2 Å². The Bertz CT molecular complexity index is 783. The molecular formula is C22H23N2O+. The van der Waals surface area contributed by atoms with Crippen molar-refractivity contribution in [1.29, 1.82) is 0 Å². The van der Waals surface area contributed by atoms with Crippen LogP contribution in [0, 0.1) is 0 Å². The van der Waals surface area contributed by atoms with Gasteiger partial charge < -0.3 is 5.32 Å². The van der Waals surface area contributed by atoms with Crippen LogP contribution in [0.1, 0.15) is 16.7 Å². The van der Waals surface area contributed by atoms with Crippen molar-refractivity contribution in [2.24, 2.45) is 0 Å². The van der Waals surface area contributed by atoms with Crippen LogP contribution in [0.2, 0.25) is 0 Å². The first-order valence-electron chi connectivity index (χ1n) is 8.62. The molecule has 25 heavy (non-hydrogen) atoms. The summed E-state index contributed by atoms with van der Waals surface area (Å²) in [6, 6.07) is 24.7. The van der Waals surface area contributed by atoms with E-state index in [1.54, 1.807) is 0 Å². The molecule has 0 radical (unpaired) electrons. The first-order chi connectivity index (χ1) is 12.3. The van der Waals surface area contributed by atoms with Gasteiger partial charge in [-0.25, -0.2) is 0 Å². The molecule has 0 fully saturated rings. The van der Waals surface area contributed by atoms with Crippen molar-refractivity contribution in [2.75, 3.05) is 6.54 Å². The molecule has 0 aliphatic rings. The van der Waals surface area contributed by atoms with Gasteiger partial charge in [0.25, 0.3) is 5.91 Å². The average molecular weight is 331 g/mol. The molecule has 3 rings (SSSR count). The molecule has 0 unspecified atom stereocenters. The van der Waals surface area contributed by atoms with E-state index < -0.39 is 0 Å². The van der Waals surface area contributed by atoms with Gasteiger partial charge in [0.1, 0.15) is 0 Å². The minimum atomic E-state index is 0.0386. The molecule has 3 nitrogen and oxygen atoms in total. The van der Waals surface area contributed by atoms with E-state index in [0.717, 1.165) is 12.8 Å². The highest BCUT2D eigenvalue weighted by molar-refractivity contribution is 5.74. The number of amides is 1. The Morgan fingerprint density at radius 3 is 1.96 bits per heavy atom. The number of carbonyl (C=O) groups excluding carboxylic acids is 1. The predicted octanol–water partition coefficient (Wildman–Crippen LogP) is 2.92. The number of hydrogen-bond donors (Lipinski definition) is 1. The first kappa shape index (κ1) is 16.9. The Hall–Kier alpha value is -2.94. The summed E-state index contributed by atoms with van der Waals surface area (Å²) in [4.78, 5) is 12.0. The van der Waals surface area contributed by atoms with Gasteiger partial charge in [-0.2, -0.15) is 4.57 Å². The molecule has 3 aromatic rings. The van der Waals surface area contributed by atoms with Crippen LogP contribution in [0.4, 0.5) is 0 Å². The number of pyridine rings is 1. The highest BCUT2D eigenvalue weighted by atomic mass is 16.1. The third kappa shape index (κ3) is 5.57. The summed E-state index contributed by atoms with van der Waals surface area (Å²) in [6.07, 6.45) is 5.70. The van der Waals surface area contributed by atoms with Gasteiger partial charge in [-0.3, -0.25) is 4.79 Å². The minimum Gasteiger partial charge on any atom is -0.350 e. The molecule has 2 aromatic carbocycles. The van der Waals surface area contributed by atoms with E-state index in [1.807, 2.05) is 41.2 Å². The molecule has 1 heterocycles. The number of benzene rings is 2. The fraction of sp³-hybridized carbons (Fsp3) is 0.182. The van der Waals surface area contributed by atoms with Crippen LogP contribution in [-0.2, 0) is 24.2 Å². The lowest BCUT2D eigenvalue weighted by Crippen LogP contribution is -2.42. The molecule has 0 aliphatic heterocycles. The molecule has 0 saturated carbocycles. The van der Waals surface area contributed by atoms with Crippen molar-refractivity contribution in [1.82, 2.24) is 5.32 Å². The van der Waals surface area contributed by atoms with Gasteiger partial charge >= 0.3 is 0 Å². The van der Waals surface area contributed by atoms with E-state index in [1.165, 1.54) is 16.7 Å². The normalized spacial score (nSPS) is 10.4. The van der Waals surface area contributed by atoms with Gasteiger partial charge in [-0.15, -0.1) is 0 Å². The zero-order chi connectivity index (χ0) is 17.3. The molecule has 1 aromatic heterocycles. The molecule has 0 aliphatic carbocycles. The largest absolute Gasteiger partial charge is 0.350 e. The van der Waals surface area contributed by atoms with Crippen molar-refractivity contribution in [3.8, 4) is 0 Å². The molecule has 1 amide bonds. The van der Waals surface area contributed by atoms with Crippen molar-refractivity contribution in [3.63, 3.8) is 0 Å². The fourth-order valence-corrected chi connectivity index (χ4v) is 2.76. The van der Waals surface area contributed by atoms with Crippen molar-refractivity contribution >= 4 is 5.91 Å². The molecule has 126 valence electrons. The maximum atomic E-state index is 12.0.